The van der Waals surface area contributed by atoms with Crippen LogP contribution in [-0.4, -0.2) is 152 Å². The van der Waals surface area contributed by atoms with Crippen LogP contribution in [0.15, 0.2) is 0 Å². The summed E-state index contributed by atoms with van der Waals surface area (Å²) in [5.74, 6) is 0. The van der Waals surface area contributed by atoms with Gasteiger partial charge in [0.25, 0.3) is 0 Å². The van der Waals surface area contributed by atoms with Crippen molar-refractivity contribution < 1.29 is 66.0 Å². The maximum Gasteiger partial charge on any atom is 0.0742 e. The van der Waals surface area contributed by atoms with Crippen molar-refractivity contribution in [1.29, 1.82) is 0 Å². The molecule has 0 aliphatic carbocycles. The van der Waals surface area contributed by atoms with E-state index in [4.69, 9.17) is 61.3 Å². The van der Waals surface area contributed by atoms with Crippen LogP contribution >= 0.6 is 0 Å². The fraction of sp³-hybridized carbons (Fsp3) is 1.00. The highest BCUT2D eigenvalue weighted by Crippen LogP contribution is 2.09. The highest BCUT2D eigenvalue weighted by atomic mass is 16.5. The molecule has 0 aromatic heterocycles. The zero-order valence-electron chi connectivity index (χ0n) is 23.5. The molecule has 0 aromatic carbocycles. The van der Waals surface area contributed by atoms with E-state index in [0.717, 1.165) is 32.1 Å². The predicted molar refractivity (Wildman–Crippen MR) is 142 cm³/mol. The van der Waals surface area contributed by atoms with E-state index in [1.807, 2.05) is 0 Å². The maximum atomic E-state index is 9.03. The third kappa shape index (κ3) is 116. The Morgan fingerprint density at radius 2 is 0.811 bits per heavy atom. The van der Waals surface area contributed by atoms with Gasteiger partial charge in [0.15, 0.2) is 0 Å². The summed E-state index contributed by atoms with van der Waals surface area (Å²) in [6.07, 6.45) is 3.48. The molecule has 2 unspecified atom stereocenters. The molecule has 0 saturated heterocycles. The molecule has 0 aromatic rings. The van der Waals surface area contributed by atoms with Crippen LogP contribution in [0.25, 0.3) is 0 Å². The number of aliphatic hydroxyl groups excluding tert-OH is 11. The van der Waals surface area contributed by atoms with Crippen LogP contribution in [0.1, 0.15) is 66.2 Å². The van der Waals surface area contributed by atoms with Gasteiger partial charge >= 0.3 is 0 Å². The Kier molecular flexibility index (Phi) is 64.8. The molecule has 37 heavy (non-hydrogen) atoms. The predicted octanol–water partition coefficient (Wildman–Crippen LogP) is -2.26. The van der Waals surface area contributed by atoms with Crippen LogP contribution in [-0.2, 0) is 4.74 Å². The van der Waals surface area contributed by atoms with Crippen LogP contribution < -0.4 is 0 Å². The summed E-state index contributed by atoms with van der Waals surface area (Å²) in [5, 5.41) is 97.8. The van der Waals surface area contributed by atoms with Crippen LogP contribution in [0, 0.1) is 0 Å². The molecule has 0 amide bonds. The highest BCUT2D eigenvalue weighted by molar-refractivity contribution is 4.67. The van der Waals surface area contributed by atoms with Crippen molar-refractivity contribution in [2.45, 2.75) is 84.0 Å². The van der Waals surface area contributed by atoms with E-state index in [1.165, 1.54) is 6.92 Å². The molecule has 12 N–H and O–H groups in total. The van der Waals surface area contributed by atoms with E-state index in [0.29, 0.717) is 19.6 Å². The average Bonchev–Trinajstić information content (AvgIpc) is 2.83. The van der Waals surface area contributed by atoms with Gasteiger partial charge in [-0.3, -0.25) is 0 Å². The molecule has 0 spiro atoms. The van der Waals surface area contributed by atoms with Crippen molar-refractivity contribution in [1.82, 2.24) is 0 Å². The first-order valence-corrected chi connectivity index (χ1v) is 12.5. The van der Waals surface area contributed by atoms with Gasteiger partial charge < -0.3 is 66.0 Å². The highest BCUT2D eigenvalue weighted by Gasteiger charge is 2.14. The monoisotopic (exact) mass is 556 g/mol. The molecular formula is C24H60O13. The van der Waals surface area contributed by atoms with Crippen molar-refractivity contribution in [3.63, 3.8) is 0 Å². The lowest BCUT2D eigenvalue weighted by Gasteiger charge is -2.17. The Morgan fingerprint density at radius 3 is 0.946 bits per heavy atom. The van der Waals surface area contributed by atoms with E-state index in [-0.39, 0.29) is 59.5 Å². The Bertz CT molecular complexity index is 292. The maximum absolute atomic E-state index is 9.03. The molecule has 0 aliphatic rings. The normalized spacial score (nSPS) is 11.4. The van der Waals surface area contributed by atoms with Crippen molar-refractivity contribution in [2.75, 3.05) is 72.7 Å². The number of rotatable bonds is 15. The lowest BCUT2D eigenvalue weighted by molar-refractivity contribution is 0.0248. The van der Waals surface area contributed by atoms with Crippen molar-refractivity contribution >= 4 is 0 Å². The van der Waals surface area contributed by atoms with Gasteiger partial charge in [-0.05, 0) is 59.8 Å². The van der Waals surface area contributed by atoms with Crippen molar-refractivity contribution in [3.05, 3.63) is 0 Å². The van der Waals surface area contributed by atoms with E-state index in [2.05, 4.69) is 4.74 Å². The second kappa shape index (κ2) is 48.5. The Morgan fingerprint density at radius 1 is 0.514 bits per heavy atom. The summed E-state index contributed by atoms with van der Waals surface area (Å²) in [5.41, 5.74) is -0.728. The molecule has 0 saturated carbocycles. The minimum absolute atomic E-state index is 0.0278. The number of aliphatic hydroxyl groups is 12. The summed E-state index contributed by atoms with van der Waals surface area (Å²) >= 11 is 0. The quantitative estimate of drug-likeness (QED) is 0.0952. The van der Waals surface area contributed by atoms with Gasteiger partial charge in [-0.1, -0.05) is 0 Å². The fourth-order valence-electron chi connectivity index (χ4n) is 1.58. The first-order valence-electron chi connectivity index (χ1n) is 12.5. The molecular weight excluding hydrogens is 496 g/mol. The number of hydrogen-bond acceptors (Lipinski definition) is 13. The third-order valence-corrected chi connectivity index (χ3v) is 3.01. The van der Waals surface area contributed by atoms with Gasteiger partial charge in [0.2, 0.25) is 0 Å². The van der Waals surface area contributed by atoms with E-state index in [9.17, 15) is 0 Å². The number of ether oxygens (including phenoxy) is 1. The first kappa shape index (κ1) is 49.4. The van der Waals surface area contributed by atoms with Crippen LogP contribution in [0.3, 0.4) is 0 Å². The zero-order chi connectivity index (χ0) is 30.4. The van der Waals surface area contributed by atoms with Crippen molar-refractivity contribution in [3.8, 4) is 0 Å². The minimum Gasteiger partial charge on any atom is -0.396 e. The lowest BCUT2D eigenvalue weighted by Crippen LogP contribution is -2.24. The molecule has 0 rings (SSSR count). The SMILES string of the molecule is CC(O)CC(C)(C)O.CC(O)CO.OCCCCCO.OCCCCO.OCCO.OCCOCCO. The van der Waals surface area contributed by atoms with Gasteiger partial charge in [-0.2, -0.15) is 0 Å². The second-order valence-corrected chi connectivity index (χ2v) is 8.07. The van der Waals surface area contributed by atoms with Gasteiger partial charge in [0.1, 0.15) is 0 Å². The zero-order valence-corrected chi connectivity index (χ0v) is 23.5. The Labute approximate surface area is 223 Å². The number of hydrogen-bond donors (Lipinski definition) is 12. The molecule has 0 bridgehead atoms. The van der Waals surface area contributed by atoms with Crippen LogP contribution in [0.2, 0.25) is 0 Å². The van der Waals surface area contributed by atoms with E-state index >= 15 is 0 Å². The largest absolute Gasteiger partial charge is 0.396 e. The molecule has 2 atom stereocenters. The Hall–Kier alpha value is -0.520. The molecule has 0 aliphatic heterocycles. The minimum atomic E-state index is -0.728. The molecule has 13 nitrogen and oxygen atoms in total. The summed E-state index contributed by atoms with van der Waals surface area (Å²) < 4.78 is 4.63. The van der Waals surface area contributed by atoms with Gasteiger partial charge in [0, 0.05) is 32.8 Å². The molecule has 0 fully saturated rings. The smallest absolute Gasteiger partial charge is 0.0742 e. The van der Waals surface area contributed by atoms with Crippen LogP contribution in [0.5, 0.6) is 0 Å². The Balaban J connectivity index is -0.0000000789. The summed E-state index contributed by atoms with van der Waals surface area (Å²) in [6.45, 7) is 7.75. The standard InChI is InChI=1S/C6H14O2.C5H12O2.C4H10O3.C4H10O2.C3H8O2.C2H6O2/c1-5(7)4-6(2,3)8;6-4-2-1-3-5-7;5-1-3-7-4-2-6;5-3-1-2-4-6;1-3(5)2-4;3-1-2-4/h5,7-8H,4H2,1-3H3;6-7H,1-5H2;5-6H,1-4H2;5-6H,1-4H2;3-5H,2H2,1H3;3-4H,1-2H2. The van der Waals surface area contributed by atoms with Crippen LogP contribution in [0.4, 0.5) is 0 Å². The molecule has 234 valence electrons. The first-order chi connectivity index (χ1) is 17.3. The van der Waals surface area contributed by atoms with Gasteiger partial charge in [0.05, 0.1) is 64.1 Å². The van der Waals surface area contributed by atoms with Crippen molar-refractivity contribution in [2.24, 2.45) is 0 Å². The summed E-state index contributed by atoms with van der Waals surface area (Å²) in [4.78, 5) is 0. The molecule has 0 heterocycles. The second-order valence-electron chi connectivity index (χ2n) is 8.07. The fourth-order valence-corrected chi connectivity index (χ4v) is 1.58. The van der Waals surface area contributed by atoms with Gasteiger partial charge in [-0.25, -0.2) is 0 Å². The summed E-state index contributed by atoms with van der Waals surface area (Å²) in [6, 6.07) is 0. The topological polar surface area (TPSA) is 252 Å². The number of unbranched alkanes of at least 4 members (excludes halogenated alkanes) is 3. The average molecular weight is 557 g/mol. The third-order valence-electron chi connectivity index (χ3n) is 3.01. The van der Waals surface area contributed by atoms with Gasteiger partial charge in [-0.15, -0.1) is 0 Å². The molecule has 0 radical (unpaired) electrons. The summed E-state index contributed by atoms with van der Waals surface area (Å²) in [7, 11) is 0. The van der Waals surface area contributed by atoms with E-state index in [1.54, 1.807) is 20.8 Å². The molecule has 13 heteroatoms. The van der Waals surface area contributed by atoms with E-state index < -0.39 is 17.8 Å². The lowest BCUT2D eigenvalue weighted by atomic mass is 10.0.